The summed E-state index contributed by atoms with van der Waals surface area (Å²) in [6, 6.07) is 3.32. The third-order valence-electron chi connectivity index (χ3n) is 2.38. The third-order valence-corrected chi connectivity index (χ3v) is 3.34. The largest absolute Gasteiger partial charge is 0.384 e. The number of anilines is 2. The van der Waals surface area contributed by atoms with Crippen LogP contribution in [0.5, 0.6) is 0 Å². The highest BCUT2D eigenvalue weighted by Crippen LogP contribution is 2.22. The highest BCUT2D eigenvalue weighted by molar-refractivity contribution is 8.00. The second kappa shape index (κ2) is 5.91. The Morgan fingerprint density at radius 2 is 2.10 bits per heavy atom. The first-order chi connectivity index (χ1) is 9.44. The Bertz CT molecular complexity index is 608. The van der Waals surface area contributed by atoms with Crippen LogP contribution in [0.25, 0.3) is 0 Å². The summed E-state index contributed by atoms with van der Waals surface area (Å²) >= 11 is 1.23. The molecule has 0 unspecified atom stereocenters. The molecule has 3 N–H and O–H groups in total. The minimum absolute atomic E-state index is 0.213. The van der Waals surface area contributed by atoms with E-state index >= 15 is 0 Å². The van der Waals surface area contributed by atoms with Crippen molar-refractivity contribution in [3.05, 3.63) is 23.5 Å². The fourth-order valence-corrected chi connectivity index (χ4v) is 2.31. The van der Waals surface area contributed by atoms with Gasteiger partial charge in [0, 0.05) is 17.8 Å². The van der Waals surface area contributed by atoms with E-state index in [2.05, 4.69) is 20.4 Å². The van der Waals surface area contributed by atoms with Crippen molar-refractivity contribution in [1.82, 2.24) is 15.1 Å². The smallest absolute Gasteiger partial charge is 0.240 e. The van der Waals surface area contributed by atoms with E-state index in [9.17, 15) is 4.79 Å². The van der Waals surface area contributed by atoms with E-state index in [1.54, 1.807) is 26.0 Å². The second-order valence-corrected chi connectivity index (χ2v) is 5.61. The van der Waals surface area contributed by atoms with Gasteiger partial charge in [-0.25, -0.2) is 9.97 Å². The minimum Gasteiger partial charge on any atom is -0.384 e. The number of rotatable bonds is 4. The van der Waals surface area contributed by atoms with Gasteiger partial charge in [-0.05, 0) is 20.8 Å². The molecule has 20 heavy (non-hydrogen) atoms. The standard InChI is InChI=1S/C12H15N5O2S/c1-6-4-9(13)15-12(14-6)20-8(3)11(18)16-10-5-7(2)17-19-10/h4-5,8H,1-3H3,(H,16,18)(H2,13,14,15)/t8-/m1/s1. The van der Waals surface area contributed by atoms with Crippen LogP contribution in [0.2, 0.25) is 0 Å². The topological polar surface area (TPSA) is 107 Å². The minimum atomic E-state index is -0.387. The lowest BCUT2D eigenvalue weighted by Crippen LogP contribution is -2.22. The van der Waals surface area contributed by atoms with E-state index in [4.69, 9.17) is 10.3 Å². The van der Waals surface area contributed by atoms with E-state index in [1.165, 1.54) is 11.8 Å². The molecular formula is C12H15N5O2S. The van der Waals surface area contributed by atoms with Crippen LogP contribution in [0, 0.1) is 13.8 Å². The average Bonchev–Trinajstić information content (AvgIpc) is 2.73. The van der Waals surface area contributed by atoms with Crippen LogP contribution in [0.1, 0.15) is 18.3 Å². The van der Waals surface area contributed by atoms with E-state index in [1.807, 2.05) is 6.92 Å². The first kappa shape index (κ1) is 14.3. The van der Waals surface area contributed by atoms with Gasteiger partial charge in [0.25, 0.3) is 0 Å². The van der Waals surface area contributed by atoms with Crippen molar-refractivity contribution < 1.29 is 9.32 Å². The summed E-state index contributed by atoms with van der Waals surface area (Å²) in [5.74, 6) is 0.498. The number of hydrogen-bond donors (Lipinski definition) is 2. The van der Waals surface area contributed by atoms with E-state index in [-0.39, 0.29) is 11.2 Å². The molecule has 2 heterocycles. The fraction of sp³-hybridized carbons (Fsp3) is 0.333. The Kier molecular flexibility index (Phi) is 4.23. The molecule has 7 nitrogen and oxygen atoms in total. The molecule has 0 aromatic carbocycles. The van der Waals surface area contributed by atoms with Crippen molar-refractivity contribution in [3.8, 4) is 0 Å². The number of nitrogens with two attached hydrogens (primary N) is 1. The molecule has 0 aliphatic carbocycles. The summed E-state index contributed by atoms with van der Waals surface area (Å²) in [6.45, 7) is 5.36. The van der Waals surface area contributed by atoms with E-state index < -0.39 is 0 Å². The molecule has 8 heteroatoms. The van der Waals surface area contributed by atoms with Gasteiger partial charge in [0.15, 0.2) is 5.16 Å². The molecule has 106 valence electrons. The number of aryl methyl sites for hydroxylation is 2. The van der Waals surface area contributed by atoms with Gasteiger partial charge in [0.1, 0.15) is 5.82 Å². The Balaban J connectivity index is 2.00. The second-order valence-electron chi connectivity index (χ2n) is 4.30. The molecule has 2 aromatic rings. The number of nitrogen functional groups attached to an aromatic ring is 1. The molecule has 0 saturated heterocycles. The van der Waals surface area contributed by atoms with Gasteiger partial charge >= 0.3 is 0 Å². The van der Waals surface area contributed by atoms with Crippen LogP contribution in [0.4, 0.5) is 11.7 Å². The van der Waals surface area contributed by atoms with Gasteiger partial charge in [0.2, 0.25) is 11.8 Å². The van der Waals surface area contributed by atoms with Gasteiger partial charge < -0.3 is 10.3 Å². The molecule has 0 spiro atoms. The van der Waals surface area contributed by atoms with Gasteiger partial charge in [-0.3, -0.25) is 10.1 Å². The zero-order valence-electron chi connectivity index (χ0n) is 11.4. The molecule has 0 saturated carbocycles. The summed E-state index contributed by atoms with van der Waals surface area (Å²) in [6.07, 6.45) is 0. The van der Waals surface area contributed by atoms with Crippen LogP contribution in [0.3, 0.4) is 0 Å². The first-order valence-corrected chi connectivity index (χ1v) is 6.84. The number of nitrogens with one attached hydrogen (secondary N) is 1. The number of nitrogens with zero attached hydrogens (tertiary/aromatic N) is 3. The third kappa shape index (κ3) is 3.70. The zero-order valence-corrected chi connectivity index (χ0v) is 12.2. The Morgan fingerprint density at radius 1 is 1.35 bits per heavy atom. The Labute approximate surface area is 120 Å². The van der Waals surface area contributed by atoms with Gasteiger partial charge in [-0.1, -0.05) is 16.9 Å². The monoisotopic (exact) mass is 293 g/mol. The number of aromatic nitrogens is 3. The van der Waals surface area contributed by atoms with Crippen molar-refractivity contribution in [3.63, 3.8) is 0 Å². The quantitative estimate of drug-likeness (QED) is 0.653. The van der Waals surface area contributed by atoms with Crippen molar-refractivity contribution in [2.75, 3.05) is 11.1 Å². The molecule has 2 rings (SSSR count). The fourth-order valence-electron chi connectivity index (χ4n) is 1.47. The van der Waals surface area contributed by atoms with Crippen LogP contribution >= 0.6 is 11.8 Å². The van der Waals surface area contributed by atoms with E-state index in [0.29, 0.717) is 22.6 Å². The molecule has 0 bridgehead atoms. The van der Waals surface area contributed by atoms with Crippen molar-refractivity contribution in [1.29, 1.82) is 0 Å². The van der Waals surface area contributed by atoms with Crippen LogP contribution < -0.4 is 11.1 Å². The summed E-state index contributed by atoms with van der Waals surface area (Å²) in [5, 5.41) is 6.42. The molecule has 1 amide bonds. The van der Waals surface area contributed by atoms with Gasteiger partial charge in [0.05, 0.1) is 10.9 Å². The zero-order chi connectivity index (χ0) is 14.7. The average molecular weight is 293 g/mol. The number of carbonyl (C=O) groups excluding carboxylic acids is 1. The maximum absolute atomic E-state index is 12.0. The predicted molar refractivity (Wildman–Crippen MR) is 76.4 cm³/mol. The highest BCUT2D eigenvalue weighted by Gasteiger charge is 2.18. The van der Waals surface area contributed by atoms with Gasteiger partial charge in [-0.15, -0.1) is 0 Å². The summed E-state index contributed by atoms with van der Waals surface area (Å²) in [7, 11) is 0. The van der Waals surface area contributed by atoms with E-state index in [0.717, 1.165) is 5.69 Å². The molecule has 2 aromatic heterocycles. The number of carbonyl (C=O) groups is 1. The van der Waals surface area contributed by atoms with Gasteiger partial charge in [-0.2, -0.15) is 0 Å². The molecular weight excluding hydrogens is 278 g/mol. The van der Waals surface area contributed by atoms with Crippen LogP contribution in [0.15, 0.2) is 21.8 Å². The number of hydrogen-bond acceptors (Lipinski definition) is 7. The van der Waals surface area contributed by atoms with Crippen LogP contribution in [-0.4, -0.2) is 26.3 Å². The summed E-state index contributed by atoms with van der Waals surface area (Å²) in [5.41, 5.74) is 7.12. The first-order valence-electron chi connectivity index (χ1n) is 5.96. The Morgan fingerprint density at radius 3 is 2.70 bits per heavy atom. The molecule has 0 aliphatic heterocycles. The lowest BCUT2D eigenvalue weighted by atomic mass is 10.4. The Hall–Kier alpha value is -2.09. The number of thioether (sulfide) groups is 1. The molecule has 0 radical (unpaired) electrons. The molecule has 0 fully saturated rings. The molecule has 1 atom stereocenters. The normalized spacial score (nSPS) is 12.2. The summed E-state index contributed by atoms with van der Waals surface area (Å²) in [4.78, 5) is 20.3. The maximum Gasteiger partial charge on any atom is 0.240 e. The SMILES string of the molecule is Cc1cc(NC(=O)[C@@H](C)Sc2nc(C)cc(N)n2)on1. The lowest BCUT2D eigenvalue weighted by molar-refractivity contribution is -0.115. The lowest BCUT2D eigenvalue weighted by Gasteiger charge is -2.09. The summed E-state index contributed by atoms with van der Waals surface area (Å²) < 4.78 is 4.93. The highest BCUT2D eigenvalue weighted by atomic mass is 32.2. The van der Waals surface area contributed by atoms with Crippen molar-refractivity contribution in [2.24, 2.45) is 0 Å². The predicted octanol–water partition coefficient (Wildman–Crippen LogP) is 1.78. The van der Waals surface area contributed by atoms with Crippen molar-refractivity contribution in [2.45, 2.75) is 31.2 Å². The van der Waals surface area contributed by atoms with Crippen LogP contribution in [-0.2, 0) is 4.79 Å². The maximum atomic E-state index is 12.0. The van der Waals surface area contributed by atoms with Crippen molar-refractivity contribution >= 4 is 29.4 Å². The number of amides is 1. The molecule has 0 aliphatic rings.